The van der Waals surface area contributed by atoms with Gasteiger partial charge in [0.15, 0.2) is 0 Å². The van der Waals surface area contributed by atoms with Gasteiger partial charge in [0.25, 0.3) is 0 Å². The van der Waals surface area contributed by atoms with E-state index in [1.807, 2.05) is 36.4 Å². The van der Waals surface area contributed by atoms with Crippen LogP contribution in [-0.4, -0.2) is 13.1 Å². The highest BCUT2D eigenvalue weighted by Gasteiger charge is 2.20. The first-order chi connectivity index (χ1) is 11.3. The normalized spacial score (nSPS) is 13.1. The first-order valence-electron chi connectivity index (χ1n) is 7.68. The van der Waals surface area contributed by atoms with E-state index >= 15 is 0 Å². The predicted molar refractivity (Wildman–Crippen MR) is 90.3 cm³/mol. The molecule has 0 saturated carbocycles. The second kappa shape index (κ2) is 5.43. The number of carbonyl (C=O) groups is 1. The Bertz CT molecular complexity index is 931. The van der Waals surface area contributed by atoms with Crippen LogP contribution in [-0.2, 0) is 11.2 Å². The van der Waals surface area contributed by atoms with E-state index in [0.717, 1.165) is 40.7 Å². The van der Waals surface area contributed by atoms with Gasteiger partial charge in [-0.15, -0.1) is 0 Å². The molecule has 0 fully saturated rings. The Morgan fingerprint density at radius 2 is 1.91 bits per heavy atom. The number of hydrogen-bond acceptors (Lipinski definition) is 3. The minimum Gasteiger partial charge on any atom is -0.465 e. The fourth-order valence-electron chi connectivity index (χ4n) is 3.22. The van der Waals surface area contributed by atoms with E-state index < -0.39 is 0 Å². The average Bonchev–Trinajstić information content (AvgIpc) is 3.00. The molecule has 0 aliphatic heterocycles. The van der Waals surface area contributed by atoms with Gasteiger partial charge in [0, 0.05) is 16.5 Å². The van der Waals surface area contributed by atoms with Crippen molar-refractivity contribution in [1.29, 1.82) is 0 Å². The SMILES string of the molecule is COC(=O)c1ccccc1-c1cccc2c3c(oc12)C=CCC3. The Morgan fingerprint density at radius 3 is 2.78 bits per heavy atom. The van der Waals surface area contributed by atoms with Crippen LogP contribution in [0.3, 0.4) is 0 Å². The number of esters is 1. The van der Waals surface area contributed by atoms with Gasteiger partial charge in [-0.3, -0.25) is 0 Å². The molecule has 4 rings (SSSR count). The molecule has 3 aromatic rings. The van der Waals surface area contributed by atoms with E-state index in [4.69, 9.17) is 9.15 Å². The predicted octanol–water partition coefficient (Wildman–Crippen LogP) is 4.85. The van der Waals surface area contributed by atoms with Crippen LogP contribution in [0.4, 0.5) is 0 Å². The quantitative estimate of drug-likeness (QED) is 0.636. The minimum atomic E-state index is -0.339. The number of fused-ring (bicyclic) bond motifs is 3. The average molecular weight is 304 g/mol. The summed E-state index contributed by atoms with van der Waals surface area (Å²) >= 11 is 0. The van der Waals surface area contributed by atoms with Gasteiger partial charge in [0.2, 0.25) is 0 Å². The second-order valence-electron chi connectivity index (χ2n) is 5.61. The van der Waals surface area contributed by atoms with Crippen molar-refractivity contribution in [1.82, 2.24) is 0 Å². The third-order valence-corrected chi connectivity index (χ3v) is 4.30. The van der Waals surface area contributed by atoms with Crippen molar-refractivity contribution in [3.05, 3.63) is 65.4 Å². The van der Waals surface area contributed by atoms with Crippen molar-refractivity contribution in [3.8, 4) is 11.1 Å². The molecule has 0 radical (unpaired) electrons. The van der Waals surface area contributed by atoms with Crippen molar-refractivity contribution in [3.63, 3.8) is 0 Å². The molecule has 1 heterocycles. The fraction of sp³-hybridized carbons (Fsp3) is 0.150. The monoisotopic (exact) mass is 304 g/mol. The van der Waals surface area contributed by atoms with Gasteiger partial charge in [0.05, 0.1) is 12.7 Å². The van der Waals surface area contributed by atoms with Crippen LogP contribution in [0.15, 0.2) is 53.0 Å². The molecular formula is C20H16O3. The minimum absolute atomic E-state index is 0.339. The van der Waals surface area contributed by atoms with E-state index in [2.05, 4.69) is 12.1 Å². The zero-order valence-electron chi connectivity index (χ0n) is 12.8. The molecule has 1 aromatic heterocycles. The summed E-state index contributed by atoms with van der Waals surface area (Å²) in [4.78, 5) is 12.1. The molecule has 0 amide bonds. The molecule has 0 unspecified atom stereocenters. The maximum atomic E-state index is 12.1. The van der Waals surface area contributed by atoms with Crippen molar-refractivity contribution < 1.29 is 13.9 Å². The largest absolute Gasteiger partial charge is 0.465 e. The molecule has 1 aliphatic rings. The van der Waals surface area contributed by atoms with Crippen molar-refractivity contribution in [2.75, 3.05) is 7.11 Å². The highest BCUT2D eigenvalue weighted by molar-refractivity contribution is 6.03. The maximum absolute atomic E-state index is 12.1. The van der Waals surface area contributed by atoms with Gasteiger partial charge in [0.1, 0.15) is 11.3 Å². The zero-order chi connectivity index (χ0) is 15.8. The first kappa shape index (κ1) is 13.8. The third-order valence-electron chi connectivity index (χ3n) is 4.30. The Kier molecular flexibility index (Phi) is 3.27. The van der Waals surface area contributed by atoms with Crippen LogP contribution < -0.4 is 0 Å². The lowest BCUT2D eigenvalue weighted by Gasteiger charge is -2.08. The third kappa shape index (κ3) is 2.16. The fourth-order valence-corrected chi connectivity index (χ4v) is 3.22. The molecule has 0 bridgehead atoms. The Balaban J connectivity index is 1.99. The van der Waals surface area contributed by atoms with Crippen LogP contribution >= 0.6 is 0 Å². The number of ether oxygens (including phenoxy) is 1. The van der Waals surface area contributed by atoms with Crippen LogP contribution in [0.1, 0.15) is 28.1 Å². The number of allylic oxidation sites excluding steroid dienone is 1. The summed E-state index contributed by atoms with van der Waals surface area (Å²) in [6.07, 6.45) is 6.19. The van der Waals surface area contributed by atoms with Crippen LogP contribution in [0.2, 0.25) is 0 Å². The van der Waals surface area contributed by atoms with Gasteiger partial charge in [-0.05, 0) is 30.5 Å². The van der Waals surface area contributed by atoms with Gasteiger partial charge in [-0.1, -0.05) is 42.5 Å². The number of para-hydroxylation sites is 1. The summed E-state index contributed by atoms with van der Waals surface area (Å²) in [7, 11) is 1.40. The number of furan rings is 1. The van der Waals surface area contributed by atoms with E-state index in [0.29, 0.717) is 5.56 Å². The molecule has 0 saturated heterocycles. The molecular weight excluding hydrogens is 288 g/mol. The zero-order valence-corrected chi connectivity index (χ0v) is 12.8. The number of methoxy groups -OCH3 is 1. The lowest BCUT2D eigenvalue weighted by Crippen LogP contribution is -2.03. The topological polar surface area (TPSA) is 39.4 Å². The Hall–Kier alpha value is -2.81. The number of rotatable bonds is 2. The lowest BCUT2D eigenvalue weighted by molar-refractivity contribution is 0.0601. The molecule has 0 atom stereocenters. The van der Waals surface area contributed by atoms with Crippen LogP contribution in [0.25, 0.3) is 28.2 Å². The smallest absolute Gasteiger partial charge is 0.338 e. The second-order valence-corrected chi connectivity index (χ2v) is 5.61. The summed E-state index contributed by atoms with van der Waals surface area (Å²) in [5, 5.41) is 1.13. The van der Waals surface area contributed by atoms with Crippen LogP contribution in [0.5, 0.6) is 0 Å². The standard InChI is InChI=1S/C20H16O3/c1-22-20(21)17-9-3-2-7-13(17)15-10-6-11-16-14-8-4-5-12-18(14)23-19(15)16/h2-3,5-7,9-12H,4,8H2,1H3. The molecule has 0 N–H and O–H groups in total. The van der Waals surface area contributed by atoms with Gasteiger partial charge in [-0.25, -0.2) is 4.79 Å². The van der Waals surface area contributed by atoms with Crippen molar-refractivity contribution in [2.45, 2.75) is 12.8 Å². The van der Waals surface area contributed by atoms with Gasteiger partial charge >= 0.3 is 5.97 Å². The van der Waals surface area contributed by atoms with E-state index in [9.17, 15) is 4.79 Å². The number of carbonyl (C=O) groups excluding carboxylic acids is 1. The number of aryl methyl sites for hydroxylation is 1. The van der Waals surface area contributed by atoms with Gasteiger partial charge in [-0.2, -0.15) is 0 Å². The van der Waals surface area contributed by atoms with Crippen molar-refractivity contribution in [2.24, 2.45) is 0 Å². The first-order valence-corrected chi connectivity index (χ1v) is 7.68. The Labute approximate surface area is 134 Å². The number of benzene rings is 2. The van der Waals surface area contributed by atoms with E-state index in [-0.39, 0.29) is 5.97 Å². The highest BCUT2D eigenvalue weighted by atomic mass is 16.5. The molecule has 0 spiro atoms. The summed E-state index contributed by atoms with van der Waals surface area (Å²) in [6, 6.07) is 13.6. The molecule has 3 nitrogen and oxygen atoms in total. The van der Waals surface area contributed by atoms with E-state index in [1.54, 1.807) is 6.07 Å². The Morgan fingerprint density at radius 1 is 1.09 bits per heavy atom. The van der Waals surface area contributed by atoms with E-state index in [1.165, 1.54) is 12.7 Å². The maximum Gasteiger partial charge on any atom is 0.338 e. The van der Waals surface area contributed by atoms with Gasteiger partial charge < -0.3 is 9.15 Å². The van der Waals surface area contributed by atoms with Crippen LogP contribution in [0, 0.1) is 0 Å². The molecule has 1 aliphatic carbocycles. The molecule has 2 aromatic carbocycles. The summed E-state index contributed by atoms with van der Waals surface area (Å²) in [5.74, 6) is 0.586. The molecule has 114 valence electrons. The summed E-state index contributed by atoms with van der Waals surface area (Å²) < 4.78 is 11.0. The highest BCUT2D eigenvalue weighted by Crippen LogP contribution is 2.37. The van der Waals surface area contributed by atoms with Crippen molar-refractivity contribution >= 4 is 23.0 Å². The lowest BCUT2D eigenvalue weighted by atomic mass is 9.95. The summed E-state index contributed by atoms with van der Waals surface area (Å²) in [5.41, 5.74) is 4.39. The molecule has 3 heteroatoms. The molecule has 23 heavy (non-hydrogen) atoms. The number of hydrogen-bond donors (Lipinski definition) is 0. The summed E-state index contributed by atoms with van der Waals surface area (Å²) in [6.45, 7) is 0.